The lowest BCUT2D eigenvalue weighted by molar-refractivity contribution is -0.145. The van der Waals surface area contributed by atoms with Crippen molar-refractivity contribution < 1.29 is 29.1 Å². The number of rotatable bonds is 8. The van der Waals surface area contributed by atoms with Gasteiger partial charge in [-0.25, -0.2) is 4.79 Å². The average Bonchev–Trinajstić information content (AvgIpc) is 3.00. The number of carbonyl (C=O) groups excluding carboxylic acids is 4. The molecule has 1 aliphatic heterocycles. The van der Waals surface area contributed by atoms with Gasteiger partial charge in [0.05, 0.1) is 19.0 Å². The van der Waals surface area contributed by atoms with E-state index in [1.807, 2.05) is 0 Å². The molecule has 0 aliphatic carbocycles. The number of nitrogens with two attached hydrogens (primary N) is 2. The molecule has 0 radical (unpaired) electrons. The smallest absolute Gasteiger partial charge is 0.326 e. The molecular formula is C14H23N5O6. The van der Waals surface area contributed by atoms with Crippen molar-refractivity contribution in [2.45, 2.75) is 44.3 Å². The topological polar surface area (TPSA) is 185 Å². The van der Waals surface area contributed by atoms with Crippen LogP contribution in [0.1, 0.15) is 26.2 Å². The maximum absolute atomic E-state index is 12.3. The Morgan fingerprint density at radius 1 is 1.28 bits per heavy atom. The molecule has 140 valence electrons. The molecule has 0 aromatic carbocycles. The molecule has 1 rings (SSSR count). The van der Waals surface area contributed by atoms with Crippen LogP contribution in [-0.4, -0.2) is 70.8 Å². The van der Waals surface area contributed by atoms with Gasteiger partial charge in [-0.05, 0) is 19.8 Å². The number of nitrogens with one attached hydrogen (secondary N) is 2. The van der Waals surface area contributed by atoms with Gasteiger partial charge in [-0.1, -0.05) is 0 Å². The Hall–Kier alpha value is -2.69. The van der Waals surface area contributed by atoms with Gasteiger partial charge in [-0.3, -0.25) is 19.2 Å². The van der Waals surface area contributed by atoms with Gasteiger partial charge < -0.3 is 32.1 Å². The van der Waals surface area contributed by atoms with E-state index < -0.39 is 54.1 Å². The van der Waals surface area contributed by atoms with E-state index in [1.54, 1.807) is 0 Å². The highest BCUT2D eigenvalue weighted by molar-refractivity contribution is 5.94. The Bertz CT molecular complexity index is 564. The van der Waals surface area contributed by atoms with Crippen LogP contribution < -0.4 is 22.1 Å². The summed E-state index contributed by atoms with van der Waals surface area (Å²) in [5, 5.41) is 13.6. The number of likely N-dealkylation sites (tertiary alicyclic amines) is 1. The largest absolute Gasteiger partial charge is 0.480 e. The Kier molecular flexibility index (Phi) is 7.30. The first-order valence-corrected chi connectivity index (χ1v) is 7.77. The molecule has 1 fully saturated rings. The lowest BCUT2D eigenvalue weighted by Crippen LogP contribution is -2.53. The van der Waals surface area contributed by atoms with Crippen molar-refractivity contribution in [1.82, 2.24) is 15.5 Å². The summed E-state index contributed by atoms with van der Waals surface area (Å²) in [6.07, 6.45) is 0.354. The lowest BCUT2D eigenvalue weighted by Gasteiger charge is -2.25. The van der Waals surface area contributed by atoms with Crippen LogP contribution in [-0.2, 0) is 24.0 Å². The number of hydrogen-bond acceptors (Lipinski definition) is 6. The summed E-state index contributed by atoms with van der Waals surface area (Å²) < 4.78 is 0. The monoisotopic (exact) mass is 357 g/mol. The zero-order valence-electron chi connectivity index (χ0n) is 13.9. The van der Waals surface area contributed by atoms with E-state index >= 15 is 0 Å². The Balaban J connectivity index is 2.67. The molecule has 11 heteroatoms. The summed E-state index contributed by atoms with van der Waals surface area (Å²) in [4.78, 5) is 59.1. The van der Waals surface area contributed by atoms with E-state index in [1.165, 1.54) is 11.8 Å². The summed E-state index contributed by atoms with van der Waals surface area (Å²) in [5.41, 5.74) is 10.3. The van der Waals surface area contributed by atoms with Crippen LogP contribution in [0.3, 0.4) is 0 Å². The molecule has 0 aromatic rings. The lowest BCUT2D eigenvalue weighted by atomic mass is 10.1. The van der Waals surface area contributed by atoms with Crippen LogP contribution in [0.2, 0.25) is 0 Å². The van der Waals surface area contributed by atoms with Crippen molar-refractivity contribution >= 4 is 29.6 Å². The number of amides is 4. The Morgan fingerprint density at radius 3 is 2.44 bits per heavy atom. The normalized spacial score (nSPS) is 19.0. The van der Waals surface area contributed by atoms with Crippen LogP contribution in [0.5, 0.6) is 0 Å². The van der Waals surface area contributed by atoms with Gasteiger partial charge >= 0.3 is 5.97 Å². The second-order valence-corrected chi connectivity index (χ2v) is 5.82. The van der Waals surface area contributed by atoms with E-state index in [-0.39, 0.29) is 6.54 Å². The maximum Gasteiger partial charge on any atom is 0.326 e. The third-order valence-electron chi connectivity index (χ3n) is 3.72. The molecule has 25 heavy (non-hydrogen) atoms. The standard InChI is InChI=1S/C14H23N5O6/c1-7(15)12(22)17-6-11(21)19-4-2-3-9(19)13(23)18-8(14(24)25)5-10(16)20/h7-9H,2-6,15H2,1H3,(H2,16,20)(H,17,22)(H,18,23)(H,24,25). The maximum atomic E-state index is 12.3. The van der Waals surface area contributed by atoms with Gasteiger partial charge in [-0.15, -0.1) is 0 Å². The summed E-state index contributed by atoms with van der Waals surface area (Å²) in [6, 6.07) is -3.09. The van der Waals surface area contributed by atoms with Gasteiger partial charge in [0, 0.05) is 6.54 Å². The highest BCUT2D eigenvalue weighted by atomic mass is 16.4. The van der Waals surface area contributed by atoms with E-state index in [2.05, 4.69) is 10.6 Å². The van der Waals surface area contributed by atoms with Crippen molar-refractivity contribution in [2.24, 2.45) is 11.5 Å². The zero-order valence-corrected chi connectivity index (χ0v) is 13.9. The molecule has 1 heterocycles. The summed E-state index contributed by atoms with van der Waals surface area (Å²) in [6.45, 7) is 1.46. The van der Waals surface area contributed by atoms with Crippen molar-refractivity contribution in [3.63, 3.8) is 0 Å². The van der Waals surface area contributed by atoms with Gasteiger partial charge in [0.15, 0.2) is 0 Å². The van der Waals surface area contributed by atoms with E-state index in [0.717, 1.165) is 0 Å². The molecule has 11 nitrogen and oxygen atoms in total. The molecule has 1 saturated heterocycles. The first-order valence-electron chi connectivity index (χ1n) is 7.77. The number of hydrogen-bond donors (Lipinski definition) is 5. The first kappa shape index (κ1) is 20.4. The number of nitrogens with zero attached hydrogens (tertiary/aromatic N) is 1. The molecule has 0 aromatic heterocycles. The molecule has 7 N–H and O–H groups in total. The summed E-state index contributed by atoms with van der Waals surface area (Å²) >= 11 is 0. The fourth-order valence-corrected chi connectivity index (χ4v) is 2.43. The minimum absolute atomic E-state index is 0.304. The molecule has 0 saturated carbocycles. The van der Waals surface area contributed by atoms with Gasteiger partial charge in [0.2, 0.25) is 23.6 Å². The number of carbonyl (C=O) groups is 5. The number of aliphatic carboxylic acids is 1. The van der Waals surface area contributed by atoms with Gasteiger partial charge in [-0.2, -0.15) is 0 Å². The SMILES string of the molecule is CC(N)C(=O)NCC(=O)N1CCCC1C(=O)NC(CC(N)=O)C(=O)O. The number of primary amides is 1. The first-order chi connectivity index (χ1) is 11.6. The van der Waals surface area contributed by atoms with Crippen LogP contribution in [0, 0.1) is 0 Å². The Morgan fingerprint density at radius 2 is 1.92 bits per heavy atom. The van der Waals surface area contributed by atoms with Crippen molar-refractivity contribution in [3.8, 4) is 0 Å². The molecule has 1 aliphatic rings. The average molecular weight is 357 g/mol. The van der Waals surface area contributed by atoms with Gasteiger partial charge in [0.25, 0.3) is 0 Å². The number of carboxylic acids is 1. The minimum Gasteiger partial charge on any atom is -0.480 e. The second kappa shape index (κ2) is 8.97. The fourth-order valence-electron chi connectivity index (χ4n) is 2.43. The Labute approximate surface area is 144 Å². The number of carboxylic acid groups (broad SMARTS) is 1. The molecular weight excluding hydrogens is 334 g/mol. The van der Waals surface area contributed by atoms with Gasteiger partial charge in [0.1, 0.15) is 12.1 Å². The van der Waals surface area contributed by atoms with Crippen LogP contribution in [0.4, 0.5) is 0 Å². The zero-order chi connectivity index (χ0) is 19.1. The molecule has 3 unspecified atom stereocenters. The quantitative estimate of drug-likeness (QED) is 0.304. The molecule has 4 amide bonds. The van der Waals surface area contributed by atoms with Crippen molar-refractivity contribution in [2.75, 3.05) is 13.1 Å². The molecule has 0 bridgehead atoms. The van der Waals surface area contributed by atoms with E-state index in [9.17, 15) is 24.0 Å². The predicted molar refractivity (Wildman–Crippen MR) is 84.8 cm³/mol. The highest BCUT2D eigenvalue weighted by Crippen LogP contribution is 2.17. The minimum atomic E-state index is -1.46. The summed E-state index contributed by atoms with van der Waals surface area (Å²) in [7, 11) is 0. The van der Waals surface area contributed by atoms with Crippen LogP contribution in [0.25, 0.3) is 0 Å². The van der Waals surface area contributed by atoms with E-state index in [4.69, 9.17) is 16.6 Å². The third-order valence-corrected chi connectivity index (χ3v) is 3.72. The third kappa shape index (κ3) is 6.03. The molecule has 0 spiro atoms. The summed E-state index contributed by atoms with van der Waals surface area (Å²) in [5.74, 6) is -3.93. The fraction of sp³-hybridized carbons (Fsp3) is 0.643. The van der Waals surface area contributed by atoms with Crippen molar-refractivity contribution in [3.05, 3.63) is 0 Å². The highest BCUT2D eigenvalue weighted by Gasteiger charge is 2.36. The van der Waals surface area contributed by atoms with Crippen molar-refractivity contribution in [1.29, 1.82) is 0 Å². The van der Waals surface area contributed by atoms with Crippen LogP contribution in [0.15, 0.2) is 0 Å². The second-order valence-electron chi connectivity index (χ2n) is 5.82. The molecule has 3 atom stereocenters. The van der Waals surface area contributed by atoms with Crippen LogP contribution >= 0.6 is 0 Å². The van der Waals surface area contributed by atoms with E-state index in [0.29, 0.717) is 19.4 Å². The predicted octanol–water partition coefficient (Wildman–Crippen LogP) is -3.11.